The lowest BCUT2D eigenvalue weighted by molar-refractivity contribution is 0.163. The molecule has 0 aliphatic carbocycles. The number of halogens is 1. The van der Waals surface area contributed by atoms with Gasteiger partial charge < -0.3 is 15.0 Å². The Balaban J connectivity index is 1.83. The van der Waals surface area contributed by atoms with E-state index in [4.69, 9.17) is 16.3 Å². The molecule has 1 N–H and O–H groups in total. The number of methoxy groups -OCH3 is 1. The number of ether oxygens (including phenoxy) is 1. The van der Waals surface area contributed by atoms with Gasteiger partial charge in [0.25, 0.3) is 0 Å². The quantitative estimate of drug-likeness (QED) is 0.944. The topological polar surface area (TPSA) is 37.4 Å². The van der Waals surface area contributed by atoms with Crippen molar-refractivity contribution < 1.29 is 4.74 Å². The SMILES string of the molecule is COC[C@H]1CN(c2nc3ccc(Cl)cc3s2)CCN1. The van der Waals surface area contributed by atoms with Crippen molar-refractivity contribution in [3.05, 3.63) is 23.2 Å². The second-order valence-corrected chi connectivity index (χ2v) is 6.11. The monoisotopic (exact) mass is 297 g/mol. The van der Waals surface area contributed by atoms with Gasteiger partial charge in [0.2, 0.25) is 0 Å². The molecule has 1 aliphatic heterocycles. The molecule has 4 nitrogen and oxygen atoms in total. The van der Waals surface area contributed by atoms with E-state index < -0.39 is 0 Å². The summed E-state index contributed by atoms with van der Waals surface area (Å²) in [5, 5.41) is 5.29. The van der Waals surface area contributed by atoms with Crippen LogP contribution in [0.15, 0.2) is 18.2 Å². The van der Waals surface area contributed by atoms with Crippen molar-refractivity contribution in [2.75, 3.05) is 38.3 Å². The van der Waals surface area contributed by atoms with Gasteiger partial charge in [-0.1, -0.05) is 22.9 Å². The molecule has 0 saturated carbocycles. The lowest BCUT2D eigenvalue weighted by Gasteiger charge is -2.33. The van der Waals surface area contributed by atoms with Crippen LogP contribution in [0.5, 0.6) is 0 Å². The fraction of sp³-hybridized carbons (Fsp3) is 0.462. The summed E-state index contributed by atoms with van der Waals surface area (Å²) in [6.45, 7) is 3.60. The highest BCUT2D eigenvalue weighted by molar-refractivity contribution is 7.22. The summed E-state index contributed by atoms with van der Waals surface area (Å²) in [5.41, 5.74) is 1.02. The van der Waals surface area contributed by atoms with Crippen LogP contribution >= 0.6 is 22.9 Å². The van der Waals surface area contributed by atoms with Gasteiger partial charge >= 0.3 is 0 Å². The number of nitrogens with one attached hydrogen (secondary N) is 1. The molecule has 102 valence electrons. The predicted octanol–water partition coefficient (Wildman–Crippen LogP) is 2.37. The lowest BCUT2D eigenvalue weighted by atomic mass is 10.2. The van der Waals surface area contributed by atoms with E-state index in [1.165, 1.54) is 0 Å². The Hall–Kier alpha value is -0.880. The van der Waals surface area contributed by atoms with Gasteiger partial charge in [-0.25, -0.2) is 4.98 Å². The highest BCUT2D eigenvalue weighted by atomic mass is 35.5. The van der Waals surface area contributed by atoms with Gasteiger partial charge in [0.15, 0.2) is 5.13 Å². The Morgan fingerprint density at radius 2 is 2.47 bits per heavy atom. The number of thiazole rings is 1. The number of aromatic nitrogens is 1. The normalized spacial score (nSPS) is 20.1. The number of nitrogens with zero attached hydrogens (tertiary/aromatic N) is 2. The molecule has 1 fully saturated rings. The van der Waals surface area contributed by atoms with Crippen molar-refractivity contribution in [1.82, 2.24) is 10.3 Å². The summed E-state index contributed by atoms with van der Waals surface area (Å²) < 4.78 is 6.36. The standard InChI is InChI=1S/C13H16ClN3OS/c1-18-8-10-7-17(5-4-15-10)13-16-11-3-2-9(14)6-12(11)19-13/h2-3,6,10,15H,4-5,7-8H2,1H3/t10-/m1/s1. The fourth-order valence-electron chi connectivity index (χ4n) is 2.33. The first-order chi connectivity index (χ1) is 9.26. The van der Waals surface area contributed by atoms with Crippen LogP contribution in [0.4, 0.5) is 5.13 Å². The van der Waals surface area contributed by atoms with E-state index >= 15 is 0 Å². The van der Waals surface area contributed by atoms with Crippen molar-refractivity contribution in [2.24, 2.45) is 0 Å². The van der Waals surface area contributed by atoms with E-state index in [1.54, 1.807) is 18.4 Å². The third-order valence-corrected chi connectivity index (χ3v) is 4.55. The molecule has 1 aromatic carbocycles. The van der Waals surface area contributed by atoms with Gasteiger partial charge in [0.1, 0.15) is 0 Å². The van der Waals surface area contributed by atoms with Crippen molar-refractivity contribution in [2.45, 2.75) is 6.04 Å². The zero-order chi connectivity index (χ0) is 13.2. The molecule has 0 unspecified atom stereocenters. The van der Waals surface area contributed by atoms with E-state index in [2.05, 4.69) is 15.2 Å². The summed E-state index contributed by atoms with van der Waals surface area (Å²) in [6, 6.07) is 6.22. The van der Waals surface area contributed by atoms with Gasteiger partial charge in [-0.2, -0.15) is 0 Å². The molecule has 0 radical (unpaired) electrons. The first-order valence-corrected chi connectivity index (χ1v) is 7.49. The van der Waals surface area contributed by atoms with Crippen molar-refractivity contribution in [3.8, 4) is 0 Å². The maximum atomic E-state index is 6.02. The molecule has 1 aliphatic rings. The van der Waals surface area contributed by atoms with E-state index in [-0.39, 0.29) is 0 Å². The zero-order valence-corrected chi connectivity index (χ0v) is 12.3. The zero-order valence-electron chi connectivity index (χ0n) is 10.7. The van der Waals surface area contributed by atoms with Crippen LogP contribution in [-0.4, -0.2) is 44.4 Å². The first-order valence-electron chi connectivity index (χ1n) is 6.29. The molecule has 19 heavy (non-hydrogen) atoms. The Morgan fingerprint density at radius 3 is 3.32 bits per heavy atom. The van der Waals surface area contributed by atoms with Gasteiger partial charge in [-0.05, 0) is 18.2 Å². The van der Waals surface area contributed by atoms with Crippen molar-refractivity contribution in [3.63, 3.8) is 0 Å². The van der Waals surface area contributed by atoms with Gasteiger partial charge in [0, 0.05) is 37.8 Å². The predicted molar refractivity (Wildman–Crippen MR) is 80.5 cm³/mol. The van der Waals surface area contributed by atoms with E-state index in [1.807, 2.05) is 18.2 Å². The number of hydrogen-bond donors (Lipinski definition) is 1. The molecule has 1 atom stereocenters. The largest absolute Gasteiger partial charge is 0.383 e. The number of hydrogen-bond acceptors (Lipinski definition) is 5. The molecule has 1 aromatic heterocycles. The van der Waals surface area contributed by atoms with Crippen LogP contribution in [0.3, 0.4) is 0 Å². The second-order valence-electron chi connectivity index (χ2n) is 4.66. The third-order valence-electron chi connectivity index (χ3n) is 3.23. The minimum atomic E-state index is 0.370. The molecule has 2 heterocycles. The summed E-state index contributed by atoms with van der Waals surface area (Å²) in [5.74, 6) is 0. The molecule has 3 rings (SSSR count). The summed E-state index contributed by atoms with van der Waals surface area (Å²) >= 11 is 7.72. The second kappa shape index (κ2) is 5.63. The van der Waals surface area contributed by atoms with Gasteiger partial charge in [-0.15, -0.1) is 0 Å². The Morgan fingerprint density at radius 1 is 1.58 bits per heavy atom. The molecule has 2 aromatic rings. The molecule has 6 heteroatoms. The Bertz CT molecular complexity index is 572. The average molecular weight is 298 g/mol. The fourth-order valence-corrected chi connectivity index (χ4v) is 3.61. The van der Waals surface area contributed by atoms with E-state index in [0.717, 1.165) is 46.6 Å². The first kappa shape index (κ1) is 13.1. The summed E-state index contributed by atoms with van der Waals surface area (Å²) in [7, 11) is 1.74. The van der Waals surface area contributed by atoms with Crippen molar-refractivity contribution in [1.29, 1.82) is 0 Å². The highest BCUT2D eigenvalue weighted by Gasteiger charge is 2.21. The van der Waals surface area contributed by atoms with E-state index in [9.17, 15) is 0 Å². The maximum Gasteiger partial charge on any atom is 0.186 e. The summed E-state index contributed by atoms with van der Waals surface area (Å²) in [6.07, 6.45) is 0. The molecular weight excluding hydrogens is 282 g/mol. The maximum absolute atomic E-state index is 6.02. The van der Waals surface area contributed by atoms with Crippen LogP contribution in [0.25, 0.3) is 10.2 Å². The van der Waals surface area contributed by atoms with Crippen LogP contribution < -0.4 is 10.2 Å². The van der Waals surface area contributed by atoms with Crippen LogP contribution in [0.1, 0.15) is 0 Å². The van der Waals surface area contributed by atoms with E-state index in [0.29, 0.717) is 6.04 Å². The summed E-state index contributed by atoms with van der Waals surface area (Å²) in [4.78, 5) is 7.01. The Kier molecular flexibility index (Phi) is 3.88. The average Bonchev–Trinajstić information content (AvgIpc) is 2.82. The number of rotatable bonds is 3. The Labute approximate surface area is 121 Å². The number of anilines is 1. The minimum absolute atomic E-state index is 0.370. The molecule has 0 bridgehead atoms. The molecule has 1 saturated heterocycles. The third kappa shape index (κ3) is 2.84. The minimum Gasteiger partial charge on any atom is -0.383 e. The lowest BCUT2D eigenvalue weighted by Crippen LogP contribution is -2.52. The smallest absolute Gasteiger partial charge is 0.186 e. The van der Waals surface area contributed by atoms with Gasteiger partial charge in [0.05, 0.1) is 16.8 Å². The molecular formula is C13H16ClN3OS. The highest BCUT2D eigenvalue weighted by Crippen LogP contribution is 2.31. The molecule has 0 amide bonds. The van der Waals surface area contributed by atoms with Crippen LogP contribution in [-0.2, 0) is 4.74 Å². The van der Waals surface area contributed by atoms with Crippen LogP contribution in [0.2, 0.25) is 5.02 Å². The number of benzene rings is 1. The van der Waals surface area contributed by atoms with Crippen LogP contribution in [0, 0.1) is 0 Å². The number of piperazine rings is 1. The molecule has 0 spiro atoms. The van der Waals surface area contributed by atoms with Crippen molar-refractivity contribution >= 4 is 38.3 Å². The number of fused-ring (bicyclic) bond motifs is 1. The van der Waals surface area contributed by atoms with Gasteiger partial charge in [-0.3, -0.25) is 0 Å².